The molecule has 3 fully saturated rings. The first kappa shape index (κ1) is 20.6. The van der Waals surface area contributed by atoms with E-state index in [1.165, 1.54) is 30.4 Å². The van der Waals surface area contributed by atoms with E-state index >= 15 is 0 Å². The van der Waals surface area contributed by atoms with E-state index in [2.05, 4.69) is 43.0 Å². The van der Waals surface area contributed by atoms with Crippen molar-refractivity contribution < 1.29 is 9.53 Å². The number of carbonyl (C=O) groups excluding carboxylic acids is 1. The van der Waals surface area contributed by atoms with Crippen LogP contribution in [0.5, 0.6) is 0 Å². The van der Waals surface area contributed by atoms with E-state index in [1.54, 1.807) is 0 Å². The Morgan fingerprint density at radius 3 is 2.52 bits per heavy atom. The van der Waals surface area contributed by atoms with Crippen molar-refractivity contribution >= 4 is 18.3 Å². The number of amides is 1. The van der Waals surface area contributed by atoms with Crippen LogP contribution < -0.4 is 5.73 Å². The van der Waals surface area contributed by atoms with Gasteiger partial charge in [0, 0.05) is 12.0 Å². The van der Waals surface area contributed by atoms with E-state index < -0.39 is 0 Å². The summed E-state index contributed by atoms with van der Waals surface area (Å²) >= 11 is 0. The van der Waals surface area contributed by atoms with Gasteiger partial charge in [-0.1, -0.05) is 30.7 Å². The molecule has 2 aliphatic carbocycles. The lowest BCUT2D eigenvalue weighted by atomic mass is 9.65. The Morgan fingerprint density at radius 1 is 1.19 bits per heavy atom. The average Bonchev–Trinajstić information content (AvgIpc) is 2.62. The number of benzene rings is 1. The number of hydrogen-bond donors (Lipinski definition) is 1. The Labute approximate surface area is 169 Å². The van der Waals surface area contributed by atoms with Gasteiger partial charge in [0.25, 0.3) is 0 Å². The predicted molar refractivity (Wildman–Crippen MR) is 110 cm³/mol. The van der Waals surface area contributed by atoms with E-state index in [0.29, 0.717) is 36.9 Å². The van der Waals surface area contributed by atoms with Gasteiger partial charge in [0.1, 0.15) is 6.10 Å². The summed E-state index contributed by atoms with van der Waals surface area (Å²) < 4.78 is 6.10. The lowest BCUT2D eigenvalue weighted by Crippen LogP contribution is -2.54. The number of nitrogens with two attached hydrogens (primary N) is 1. The van der Waals surface area contributed by atoms with Gasteiger partial charge in [-0.05, 0) is 62.5 Å². The van der Waals surface area contributed by atoms with Gasteiger partial charge in [-0.3, -0.25) is 4.79 Å². The molecule has 0 aromatic heterocycles. The molecule has 4 unspecified atom stereocenters. The largest absolute Gasteiger partial charge is 0.370 e. The van der Waals surface area contributed by atoms with Gasteiger partial charge < -0.3 is 15.4 Å². The number of morpholine rings is 1. The quantitative estimate of drug-likeness (QED) is 0.831. The van der Waals surface area contributed by atoms with Crippen molar-refractivity contribution in [3.05, 3.63) is 35.4 Å². The van der Waals surface area contributed by atoms with Crippen molar-refractivity contribution in [1.29, 1.82) is 0 Å². The molecule has 4 nitrogen and oxygen atoms in total. The van der Waals surface area contributed by atoms with Crippen molar-refractivity contribution in [1.82, 2.24) is 4.90 Å². The molecule has 2 saturated carbocycles. The van der Waals surface area contributed by atoms with Crippen LogP contribution >= 0.6 is 12.4 Å². The Balaban J connectivity index is 0.00000210. The molecule has 1 saturated heterocycles. The first-order valence-corrected chi connectivity index (χ1v) is 10.3. The van der Waals surface area contributed by atoms with Gasteiger partial charge >= 0.3 is 0 Å². The minimum absolute atomic E-state index is 0. The molecule has 2 bridgehead atoms. The van der Waals surface area contributed by atoms with Crippen LogP contribution in [0.2, 0.25) is 0 Å². The van der Waals surface area contributed by atoms with Crippen LogP contribution in [0.15, 0.2) is 24.3 Å². The Kier molecular flexibility index (Phi) is 6.50. The molecule has 1 aromatic carbocycles. The zero-order valence-electron chi connectivity index (χ0n) is 16.5. The van der Waals surface area contributed by atoms with E-state index in [1.807, 2.05) is 0 Å². The first-order valence-electron chi connectivity index (χ1n) is 10.3. The molecule has 2 N–H and O–H groups in total. The highest BCUT2D eigenvalue weighted by Gasteiger charge is 2.43. The summed E-state index contributed by atoms with van der Waals surface area (Å²) in [6.45, 7) is 5.51. The first-order chi connectivity index (χ1) is 12.5. The molecule has 1 heterocycles. The van der Waals surface area contributed by atoms with Gasteiger partial charge in [-0.2, -0.15) is 0 Å². The van der Waals surface area contributed by atoms with E-state index in [-0.39, 0.29) is 30.5 Å². The van der Waals surface area contributed by atoms with Crippen LogP contribution in [-0.2, 0) is 9.53 Å². The minimum Gasteiger partial charge on any atom is -0.370 e. The second kappa shape index (κ2) is 8.50. The van der Waals surface area contributed by atoms with Crippen LogP contribution in [0.3, 0.4) is 0 Å². The van der Waals surface area contributed by atoms with Crippen molar-refractivity contribution in [3.63, 3.8) is 0 Å². The highest BCUT2D eigenvalue weighted by atomic mass is 35.5. The number of aryl methyl sites for hydroxylation is 1. The summed E-state index contributed by atoms with van der Waals surface area (Å²) in [6, 6.07) is 8.82. The molecule has 1 aliphatic heterocycles. The Bertz CT molecular complexity index is 653. The second-order valence-corrected chi connectivity index (χ2v) is 8.71. The summed E-state index contributed by atoms with van der Waals surface area (Å²) in [6.07, 6.45) is 5.64. The molecule has 0 spiro atoms. The number of fused-ring (bicyclic) bond motifs is 2. The monoisotopic (exact) mass is 392 g/mol. The van der Waals surface area contributed by atoms with Crippen molar-refractivity contribution in [2.24, 2.45) is 23.5 Å². The number of carbonyl (C=O) groups is 1. The average molecular weight is 393 g/mol. The molecular formula is C22H33ClN2O2. The fourth-order valence-corrected chi connectivity index (χ4v) is 5.43. The molecule has 1 amide bonds. The molecule has 150 valence electrons. The number of rotatable bonds is 2. The van der Waals surface area contributed by atoms with Crippen molar-refractivity contribution in [2.75, 3.05) is 13.2 Å². The summed E-state index contributed by atoms with van der Waals surface area (Å²) in [5.41, 5.74) is 8.86. The summed E-state index contributed by atoms with van der Waals surface area (Å²) in [4.78, 5) is 15.5. The van der Waals surface area contributed by atoms with E-state index in [0.717, 1.165) is 12.8 Å². The highest BCUT2D eigenvalue weighted by molar-refractivity contribution is 5.85. The molecule has 4 atom stereocenters. The fraction of sp³-hybridized carbons (Fsp3) is 0.682. The van der Waals surface area contributed by atoms with Gasteiger partial charge in [0.2, 0.25) is 5.91 Å². The maximum Gasteiger partial charge on any atom is 0.226 e. The third-order valence-electron chi connectivity index (χ3n) is 7.01. The highest BCUT2D eigenvalue weighted by Crippen LogP contribution is 2.43. The van der Waals surface area contributed by atoms with E-state index in [9.17, 15) is 4.79 Å². The SMILES string of the molecule is Cc1ccccc1C1CN(C(=O)C2CC3CCCC(C2)C3N)C(C)CO1.Cl. The fourth-order valence-electron chi connectivity index (χ4n) is 5.43. The predicted octanol–water partition coefficient (Wildman–Crippen LogP) is 3.86. The van der Waals surface area contributed by atoms with Gasteiger partial charge in [0.05, 0.1) is 19.2 Å². The Morgan fingerprint density at radius 2 is 1.85 bits per heavy atom. The van der Waals surface area contributed by atoms with Gasteiger partial charge in [0.15, 0.2) is 0 Å². The smallest absolute Gasteiger partial charge is 0.226 e. The molecular weight excluding hydrogens is 360 g/mol. The number of nitrogens with zero attached hydrogens (tertiary/aromatic N) is 1. The second-order valence-electron chi connectivity index (χ2n) is 8.71. The number of ether oxygens (including phenoxy) is 1. The standard InChI is InChI=1S/C22H32N2O2.ClH/c1-14-6-3-4-9-19(14)20-12-24(15(2)13-26-20)22(25)18-10-16-7-5-8-17(11-18)21(16)23;/h3-4,6,9,15-18,20-21H,5,7-8,10-13,23H2,1-2H3;1H. The summed E-state index contributed by atoms with van der Waals surface area (Å²) in [7, 11) is 0. The third-order valence-corrected chi connectivity index (χ3v) is 7.01. The van der Waals surface area contributed by atoms with Crippen LogP contribution in [-0.4, -0.2) is 36.0 Å². The zero-order valence-corrected chi connectivity index (χ0v) is 17.3. The normalized spacial score (nSPS) is 36.0. The van der Waals surface area contributed by atoms with Gasteiger partial charge in [-0.25, -0.2) is 0 Å². The number of halogens is 1. The molecule has 0 radical (unpaired) electrons. The van der Waals surface area contributed by atoms with Crippen LogP contribution in [0.1, 0.15) is 56.3 Å². The number of hydrogen-bond acceptors (Lipinski definition) is 3. The van der Waals surface area contributed by atoms with Crippen molar-refractivity contribution in [3.8, 4) is 0 Å². The maximum atomic E-state index is 13.4. The van der Waals surface area contributed by atoms with Crippen molar-refractivity contribution in [2.45, 2.75) is 64.1 Å². The zero-order chi connectivity index (χ0) is 18.3. The van der Waals surface area contributed by atoms with Gasteiger partial charge in [-0.15, -0.1) is 12.4 Å². The van der Waals surface area contributed by atoms with Crippen LogP contribution in [0, 0.1) is 24.7 Å². The van der Waals surface area contributed by atoms with Crippen LogP contribution in [0.25, 0.3) is 0 Å². The summed E-state index contributed by atoms with van der Waals surface area (Å²) in [5, 5.41) is 0. The molecule has 27 heavy (non-hydrogen) atoms. The third kappa shape index (κ3) is 4.03. The van der Waals surface area contributed by atoms with Crippen LogP contribution in [0.4, 0.5) is 0 Å². The minimum atomic E-state index is -0.0123. The molecule has 5 heteroatoms. The Hall–Kier alpha value is -1.10. The maximum absolute atomic E-state index is 13.4. The summed E-state index contributed by atoms with van der Waals surface area (Å²) in [5.74, 6) is 1.58. The molecule has 1 aromatic rings. The van der Waals surface area contributed by atoms with E-state index in [4.69, 9.17) is 10.5 Å². The lowest BCUT2D eigenvalue weighted by molar-refractivity contribution is -0.151. The molecule has 3 aliphatic rings. The molecule has 4 rings (SSSR count). The lowest BCUT2D eigenvalue weighted by Gasteiger charge is -2.46. The topological polar surface area (TPSA) is 55.6 Å².